The van der Waals surface area contributed by atoms with Crippen LogP contribution < -0.4 is 5.73 Å². The van der Waals surface area contributed by atoms with Gasteiger partial charge in [-0.3, -0.25) is 4.79 Å². The van der Waals surface area contributed by atoms with Gasteiger partial charge in [0.1, 0.15) is 5.76 Å². The second-order valence-corrected chi connectivity index (χ2v) is 4.05. The summed E-state index contributed by atoms with van der Waals surface area (Å²) in [6.07, 6.45) is 1.56. The molecule has 102 valence electrons. The van der Waals surface area contributed by atoms with E-state index in [2.05, 4.69) is 0 Å². The van der Waals surface area contributed by atoms with Gasteiger partial charge in [-0.25, -0.2) is 0 Å². The Labute approximate surface area is 108 Å². The number of ether oxygens (including phenoxy) is 1. The van der Waals surface area contributed by atoms with Gasteiger partial charge < -0.3 is 19.8 Å². The lowest BCUT2D eigenvalue weighted by Crippen LogP contribution is -2.35. The highest BCUT2D eigenvalue weighted by molar-refractivity contribution is 5.91. The first-order valence-electron chi connectivity index (χ1n) is 6.29. The molecule has 0 bridgehead atoms. The summed E-state index contributed by atoms with van der Waals surface area (Å²) in [6.45, 7) is 4.25. The highest BCUT2D eigenvalue weighted by Gasteiger charge is 2.18. The van der Waals surface area contributed by atoms with E-state index in [1.165, 1.54) is 0 Å². The summed E-state index contributed by atoms with van der Waals surface area (Å²) in [4.78, 5) is 13.9. The maximum atomic E-state index is 12.2. The Morgan fingerprint density at radius 2 is 2.22 bits per heavy atom. The molecule has 1 aromatic rings. The lowest BCUT2D eigenvalue weighted by molar-refractivity contribution is 0.0662. The number of aryl methyl sites for hydroxylation is 1. The third-order valence-corrected chi connectivity index (χ3v) is 2.71. The molecule has 1 amide bonds. The Balaban J connectivity index is 2.67. The molecule has 18 heavy (non-hydrogen) atoms. The third-order valence-electron chi connectivity index (χ3n) is 2.71. The van der Waals surface area contributed by atoms with E-state index in [1.54, 1.807) is 18.1 Å². The maximum absolute atomic E-state index is 12.2. The van der Waals surface area contributed by atoms with Crippen LogP contribution in [-0.4, -0.2) is 44.2 Å². The van der Waals surface area contributed by atoms with Crippen molar-refractivity contribution in [3.63, 3.8) is 0 Å². The molecule has 0 aromatic carbocycles. The maximum Gasteiger partial charge on any atom is 0.289 e. The fraction of sp³-hybridized carbons (Fsp3) is 0.615. The molecule has 0 saturated carbocycles. The lowest BCUT2D eigenvalue weighted by Gasteiger charge is -2.20. The number of nitrogens with two attached hydrogens (primary N) is 1. The highest BCUT2D eigenvalue weighted by atomic mass is 16.5. The predicted molar refractivity (Wildman–Crippen MR) is 69.5 cm³/mol. The van der Waals surface area contributed by atoms with Crippen LogP contribution in [0, 0.1) is 0 Å². The summed E-state index contributed by atoms with van der Waals surface area (Å²) in [5, 5.41) is 0. The van der Waals surface area contributed by atoms with Crippen LogP contribution in [0.25, 0.3) is 0 Å². The van der Waals surface area contributed by atoms with Crippen molar-refractivity contribution < 1.29 is 13.9 Å². The highest BCUT2D eigenvalue weighted by Crippen LogP contribution is 2.11. The molecule has 1 aromatic heterocycles. The molecular formula is C13H22N2O3. The van der Waals surface area contributed by atoms with E-state index in [0.717, 1.165) is 18.6 Å². The van der Waals surface area contributed by atoms with Gasteiger partial charge >= 0.3 is 0 Å². The predicted octanol–water partition coefficient (Wildman–Crippen LogP) is 1.28. The van der Waals surface area contributed by atoms with Crippen molar-refractivity contribution in [3.8, 4) is 0 Å². The minimum atomic E-state index is -0.0970. The zero-order valence-corrected chi connectivity index (χ0v) is 11.1. The fourth-order valence-electron chi connectivity index (χ4n) is 1.64. The number of furan rings is 1. The summed E-state index contributed by atoms with van der Waals surface area (Å²) in [7, 11) is 1.62. The van der Waals surface area contributed by atoms with Crippen molar-refractivity contribution in [3.05, 3.63) is 23.7 Å². The zero-order chi connectivity index (χ0) is 13.4. The van der Waals surface area contributed by atoms with Crippen molar-refractivity contribution in [1.82, 2.24) is 4.90 Å². The van der Waals surface area contributed by atoms with E-state index in [4.69, 9.17) is 14.9 Å². The summed E-state index contributed by atoms with van der Waals surface area (Å²) in [5.74, 6) is 1.11. The molecule has 0 spiro atoms. The van der Waals surface area contributed by atoms with Crippen molar-refractivity contribution in [1.29, 1.82) is 0 Å². The van der Waals surface area contributed by atoms with Crippen molar-refractivity contribution >= 4 is 5.91 Å². The summed E-state index contributed by atoms with van der Waals surface area (Å²) in [6, 6.07) is 3.56. The largest absolute Gasteiger partial charge is 0.456 e. The number of carbonyl (C=O) groups excluding carboxylic acids is 1. The number of amides is 1. The van der Waals surface area contributed by atoms with E-state index < -0.39 is 0 Å². The monoisotopic (exact) mass is 254 g/mol. The zero-order valence-electron chi connectivity index (χ0n) is 11.1. The molecule has 0 aliphatic rings. The van der Waals surface area contributed by atoms with Crippen LogP contribution in [0.15, 0.2) is 16.5 Å². The second kappa shape index (κ2) is 7.89. The van der Waals surface area contributed by atoms with Gasteiger partial charge in [0, 0.05) is 26.6 Å². The van der Waals surface area contributed by atoms with Crippen LogP contribution in [0.4, 0.5) is 0 Å². The molecule has 0 aliphatic heterocycles. The number of nitrogens with zero attached hydrogens (tertiary/aromatic N) is 1. The van der Waals surface area contributed by atoms with Crippen LogP contribution in [0.5, 0.6) is 0 Å². The Morgan fingerprint density at radius 3 is 2.78 bits per heavy atom. The molecular weight excluding hydrogens is 232 g/mol. The van der Waals surface area contributed by atoms with Crippen molar-refractivity contribution in [2.24, 2.45) is 5.73 Å². The molecule has 0 atom stereocenters. The number of rotatable bonds is 8. The molecule has 0 unspecified atom stereocenters. The van der Waals surface area contributed by atoms with Crippen LogP contribution in [0.3, 0.4) is 0 Å². The van der Waals surface area contributed by atoms with E-state index in [-0.39, 0.29) is 5.91 Å². The topological polar surface area (TPSA) is 68.7 Å². The SMILES string of the molecule is CCc1ccc(C(=O)N(CCCN)CCOC)o1. The fourth-order valence-corrected chi connectivity index (χ4v) is 1.64. The van der Waals surface area contributed by atoms with Crippen LogP contribution in [-0.2, 0) is 11.2 Å². The summed E-state index contributed by atoms with van der Waals surface area (Å²) >= 11 is 0. The van der Waals surface area contributed by atoms with Gasteiger partial charge in [0.25, 0.3) is 5.91 Å². The Bertz CT molecular complexity index is 355. The minimum absolute atomic E-state index is 0.0970. The second-order valence-electron chi connectivity index (χ2n) is 4.05. The third kappa shape index (κ3) is 4.16. The molecule has 0 fully saturated rings. The van der Waals surface area contributed by atoms with Gasteiger partial charge in [0.15, 0.2) is 5.76 Å². The number of methoxy groups -OCH3 is 1. The normalized spacial score (nSPS) is 10.6. The standard InChI is InChI=1S/C13H22N2O3/c1-3-11-5-6-12(18-11)13(16)15(8-4-7-14)9-10-17-2/h5-6H,3-4,7-10,14H2,1-2H3. The number of carbonyl (C=O) groups is 1. The van der Waals surface area contributed by atoms with Gasteiger partial charge in [-0.05, 0) is 25.1 Å². The average molecular weight is 254 g/mol. The Morgan fingerprint density at radius 1 is 1.44 bits per heavy atom. The Hall–Kier alpha value is -1.33. The van der Waals surface area contributed by atoms with E-state index in [1.807, 2.05) is 13.0 Å². The number of hydrogen-bond acceptors (Lipinski definition) is 4. The lowest BCUT2D eigenvalue weighted by atomic mass is 10.3. The molecule has 1 heterocycles. The van der Waals surface area contributed by atoms with Crippen molar-refractivity contribution in [2.75, 3.05) is 33.4 Å². The van der Waals surface area contributed by atoms with Crippen molar-refractivity contribution in [2.45, 2.75) is 19.8 Å². The smallest absolute Gasteiger partial charge is 0.289 e. The number of hydrogen-bond donors (Lipinski definition) is 1. The van der Waals surface area contributed by atoms with Gasteiger partial charge in [-0.1, -0.05) is 6.92 Å². The van der Waals surface area contributed by atoms with Gasteiger partial charge in [-0.2, -0.15) is 0 Å². The van der Waals surface area contributed by atoms with E-state index in [0.29, 0.717) is 32.0 Å². The van der Waals surface area contributed by atoms with Crippen LogP contribution in [0.2, 0.25) is 0 Å². The molecule has 0 radical (unpaired) electrons. The van der Waals surface area contributed by atoms with E-state index in [9.17, 15) is 4.79 Å². The molecule has 2 N–H and O–H groups in total. The summed E-state index contributed by atoms with van der Waals surface area (Å²) in [5.41, 5.74) is 5.48. The Kier molecular flexibility index (Phi) is 6.46. The van der Waals surface area contributed by atoms with Gasteiger partial charge in [0.05, 0.1) is 6.61 Å². The van der Waals surface area contributed by atoms with Crippen LogP contribution in [0.1, 0.15) is 29.7 Å². The van der Waals surface area contributed by atoms with Crippen LogP contribution >= 0.6 is 0 Å². The molecule has 1 rings (SSSR count). The first kappa shape index (κ1) is 14.7. The molecule has 0 aliphatic carbocycles. The average Bonchev–Trinajstić information content (AvgIpc) is 2.87. The van der Waals surface area contributed by atoms with E-state index >= 15 is 0 Å². The summed E-state index contributed by atoms with van der Waals surface area (Å²) < 4.78 is 10.5. The molecule has 5 nitrogen and oxygen atoms in total. The van der Waals surface area contributed by atoms with Gasteiger partial charge in [0.2, 0.25) is 0 Å². The molecule has 0 saturated heterocycles. The van der Waals surface area contributed by atoms with Gasteiger partial charge in [-0.15, -0.1) is 0 Å². The first-order valence-corrected chi connectivity index (χ1v) is 6.29. The quantitative estimate of drug-likeness (QED) is 0.758. The molecule has 5 heteroatoms. The minimum Gasteiger partial charge on any atom is -0.456 e. The first-order chi connectivity index (χ1) is 8.72.